The zero-order valence-electron chi connectivity index (χ0n) is 7.70. The molecule has 14 heavy (non-hydrogen) atoms. The second-order valence-electron chi connectivity index (χ2n) is 3.50. The summed E-state index contributed by atoms with van der Waals surface area (Å²) >= 11 is 0. The molecular weight excluding hydrogens is 168 g/mol. The van der Waals surface area contributed by atoms with Gasteiger partial charge in [-0.05, 0) is 24.3 Å². The maximum absolute atomic E-state index is 6.07. The summed E-state index contributed by atoms with van der Waals surface area (Å²) in [5.74, 6) is 0. The molecule has 0 fully saturated rings. The molecule has 64 valence electrons. The van der Waals surface area contributed by atoms with Crippen LogP contribution in [0.15, 0.2) is 48.5 Å². The molecule has 0 bridgehead atoms. The van der Waals surface area contributed by atoms with E-state index in [1.165, 1.54) is 11.1 Å². The highest BCUT2D eigenvalue weighted by Gasteiger charge is 2.30. The number of rotatable bonds is 0. The van der Waals surface area contributed by atoms with Gasteiger partial charge in [0.25, 0.3) is 0 Å². The second kappa shape index (κ2) is 2.54. The van der Waals surface area contributed by atoms with Crippen molar-refractivity contribution < 1.29 is 0 Å². The molecule has 0 nitrogen and oxygen atoms in total. The lowest BCUT2D eigenvalue weighted by Gasteiger charge is -1.91. The van der Waals surface area contributed by atoms with Crippen LogP contribution in [-0.2, 0) is 0 Å². The minimum atomic E-state index is 0.899. The zero-order chi connectivity index (χ0) is 9.54. The Kier molecular flexibility index (Phi) is 1.36. The number of fused-ring (bicyclic) bond motifs is 3. The first-order chi connectivity index (χ1) is 6.88. The van der Waals surface area contributed by atoms with E-state index in [4.69, 9.17) is 6.58 Å². The van der Waals surface area contributed by atoms with E-state index in [2.05, 4.69) is 24.3 Å². The molecule has 0 amide bonds. The smallest absolute Gasteiger partial charge is 0.0592 e. The largest absolute Gasteiger partial charge is 0.196 e. The Hall–Kier alpha value is -1.91. The molecule has 0 unspecified atom stereocenters. The van der Waals surface area contributed by atoms with Crippen molar-refractivity contribution in [3.63, 3.8) is 0 Å². The van der Waals surface area contributed by atoms with Gasteiger partial charge in [-0.25, -0.2) is 0 Å². The molecule has 0 atom stereocenters. The third-order valence-electron chi connectivity index (χ3n) is 2.72. The van der Waals surface area contributed by atoms with Gasteiger partial charge in [0.1, 0.15) is 11.1 Å². The zero-order valence-corrected chi connectivity index (χ0v) is 7.70. The van der Waals surface area contributed by atoms with E-state index in [1.807, 2.05) is 24.3 Å². The van der Waals surface area contributed by atoms with Crippen molar-refractivity contribution in [1.82, 2.24) is 0 Å². The Labute approximate surface area is 83.5 Å². The van der Waals surface area contributed by atoms with Crippen LogP contribution in [-0.4, -0.2) is 0 Å². The first kappa shape index (κ1) is 7.49. The molecule has 2 aromatic carbocycles. The fraction of sp³-hybridized carbons (Fsp3) is 0. The normalized spacial score (nSPS) is 12.4. The Balaban J connectivity index is 2.42. The van der Waals surface area contributed by atoms with Gasteiger partial charge in [0.2, 0.25) is 0 Å². The monoisotopic (exact) mass is 177 g/mol. The number of hydrogen-bond acceptors (Lipinski definition) is 0. The molecule has 0 radical (unpaired) electrons. The minimum Gasteiger partial charge on any atom is -0.0592 e. The van der Waals surface area contributed by atoms with Crippen LogP contribution < -0.4 is 0 Å². The van der Waals surface area contributed by atoms with Gasteiger partial charge in [0.15, 0.2) is 5.57 Å². The molecule has 0 aliphatic heterocycles. The molecule has 2 aromatic rings. The van der Waals surface area contributed by atoms with E-state index >= 15 is 0 Å². The Bertz CT molecular complexity index is 474. The number of benzene rings is 2. The van der Waals surface area contributed by atoms with Gasteiger partial charge >= 0.3 is 0 Å². The third-order valence-corrected chi connectivity index (χ3v) is 2.72. The van der Waals surface area contributed by atoms with Gasteiger partial charge in [0, 0.05) is 18.7 Å². The summed E-state index contributed by atoms with van der Waals surface area (Å²) in [5, 5.41) is 0. The molecule has 0 heteroatoms. The lowest BCUT2D eigenvalue weighted by Crippen LogP contribution is -1.76. The Morgan fingerprint density at radius 1 is 0.571 bits per heavy atom. The van der Waals surface area contributed by atoms with E-state index in [0.29, 0.717) is 0 Å². The molecule has 3 rings (SSSR count). The number of hydrogen-bond donors (Lipinski definition) is 0. The van der Waals surface area contributed by atoms with Crippen LogP contribution in [0, 0.1) is 6.58 Å². The lowest BCUT2D eigenvalue weighted by molar-refractivity contribution is 1.65. The van der Waals surface area contributed by atoms with Crippen molar-refractivity contribution in [2.45, 2.75) is 0 Å². The van der Waals surface area contributed by atoms with Crippen molar-refractivity contribution in [1.29, 1.82) is 0 Å². The van der Waals surface area contributed by atoms with Crippen LogP contribution in [0.2, 0.25) is 0 Å². The standard InChI is InChI=1S/C14H9/c1-10-11-6-2-4-8-13(11)14-9-5-3-7-12(10)14/h1-9H/q+1. The van der Waals surface area contributed by atoms with Crippen molar-refractivity contribution in [2.24, 2.45) is 0 Å². The second-order valence-corrected chi connectivity index (χ2v) is 3.50. The van der Waals surface area contributed by atoms with Gasteiger partial charge in [-0.3, -0.25) is 0 Å². The topological polar surface area (TPSA) is 0 Å². The Morgan fingerprint density at radius 2 is 0.929 bits per heavy atom. The molecule has 0 saturated heterocycles. The fourth-order valence-electron chi connectivity index (χ4n) is 2.05. The predicted octanol–water partition coefficient (Wildman–Crippen LogP) is 3.53. The van der Waals surface area contributed by atoms with E-state index < -0.39 is 0 Å². The molecule has 0 spiro atoms. The first-order valence-corrected chi connectivity index (χ1v) is 4.69. The molecule has 1 aliphatic carbocycles. The first-order valence-electron chi connectivity index (χ1n) is 4.69. The summed E-state index contributed by atoms with van der Waals surface area (Å²) in [5.41, 5.74) is 5.72. The Morgan fingerprint density at radius 3 is 1.36 bits per heavy atom. The highest BCUT2D eigenvalue weighted by atomic mass is 14.2. The minimum absolute atomic E-state index is 0.899. The summed E-state index contributed by atoms with van der Waals surface area (Å²) < 4.78 is 0. The molecule has 0 saturated carbocycles. The van der Waals surface area contributed by atoms with E-state index in [1.54, 1.807) is 0 Å². The summed E-state index contributed by atoms with van der Waals surface area (Å²) in [6.07, 6.45) is 0. The molecule has 1 aliphatic rings. The average Bonchev–Trinajstić information content (AvgIpc) is 2.55. The van der Waals surface area contributed by atoms with Crippen molar-refractivity contribution in [3.05, 3.63) is 66.2 Å². The summed E-state index contributed by atoms with van der Waals surface area (Å²) in [4.78, 5) is 0. The van der Waals surface area contributed by atoms with Crippen LogP contribution >= 0.6 is 0 Å². The lowest BCUT2D eigenvalue weighted by atomic mass is 10.1. The van der Waals surface area contributed by atoms with Gasteiger partial charge in [-0.1, -0.05) is 12.1 Å². The van der Waals surface area contributed by atoms with Crippen LogP contribution in [0.4, 0.5) is 0 Å². The van der Waals surface area contributed by atoms with Crippen molar-refractivity contribution >= 4 is 5.57 Å². The fourth-order valence-corrected chi connectivity index (χ4v) is 2.05. The molecule has 0 heterocycles. The van der Waals surface area contributed by atoms with E-state index in [-0.39, 0.29) is 0 Å². The summed E-state index contributed by atoms with van der Waals surface area (Å²) in [6.45, 7) is 6.07. The maximum Gasteiger partial charge on any atom is 0.196 e. The van der Waals surface area contributed by atoms with Gasteiger partial charge in [-0.2, -0.15) is 0 Å². The van der Waals surface area contributed by atoms with Gasteiger partial charge in [-0.15, -0.1) is 0 Å². The predicted molar refractivity (Wildman–Crippen MR) is 58.7 cm³/mol. The third kappa shape index (κ3) is 0.810. The SMILES string of the molecule is [CH+]=C1c2ccccc2-c2ccccc21. The van der Waals surface area contributed by atoms with E-state index in [0.717, 1.165) is 16.7 Å². The van der Waals surface area contributed by atoms with E-state index in [9.17, 15) is 0 Å². The summed E-state index contributed by atoms with van der Waals surface area (Å²) in [6, 6.07) is 16.5. The van der Waals surface area contributed by atoms with Gasteiger partial charge in [0.05, 0.1) is 11.1 Å². The van der Waals surface area contributed by atoms with Gasteiger partial charge < -0.3 is 0 Å². The molecule has 0 aromatic heterocycles. The highest BCUT2D eigenvalue weighted by molar-refractivity contribution is 5.99. The van der Waals surface area contributed by atoms with Crippen LogP contribution in [0.1, 0.15) is 11.1 Å². The maximum atomic E-state index is 6.07. The highest BCUT2D eigenvalue weighted by Crippen LogP contribution is 2.42. The molecule has 0 N–H and O–H groups in total. The van der Waals surface area contributed by atoms with Crippen LogP contribution in [0.25, 0.3) is 16.7 Å². The average molecular weight is 177 g/mol. The summed E-state index contributed by atoms with van der Waals surface area (Å²) in [7, 11) is 0. The van der Waals surface area contributed by atoms with Crippen LogP contribution in [0.5, 0.6) is 0 Å². The molecular formula is C14H9+. The van der Waals surface area contributed by atoms with Crippen LogP contribution in [0.3, 0.4) is 0 Å². The quantitative estimate of drug-likeness (QED) is 0.461. The van der Waals surface area contributed by atoms with Crippen molar-refractivity contribution in [3.8, 4) is 11.1 Å². The van der Waals surface area contributed by atoms with Crippen molar-refractivity contribution in [2.75, 3.05) is 0 Å².